The van der Waals surface area contributed by atoms with E-state index in [1.54, 1.807) is 14.2 Å². The topological polar surface area (TPSA) is 76.5 Å². The molecular weight excluding hydrogens is 416 g/mol. The van der Waals surface area contributed by atoms with Crippen LogP contribution in [0.2, 0.25) is 0 Å². The zero-order valence-electron chi connectivity index (χ0n) is 19.4. The normalized spacial score (nSPS) is 14.1. The highest BCUT2D eigenvalue weighted by molar-refractivity contribution is 6.35. The SMILES string of the molecule is CCc1oc2cc3c(cc2c1-c1cccc(OC)c1OC)/C(=C/c1[nH]c(C)cc1C)C(=O)N3. The lowest BCUT2D eigenvalue weighted by Gasteiger charge is -2.13. The molecule has 0 spiro atoms. The zero-order chi connectivity index (χ0) is 23.3. The second-order valence-electron chi connectivity index (χ2n) is 8.25. The number of benzene rings is 2. The summed E-state index contributed by atoms with van der Waals surface area (Å²) in [4.78, 5) is 16.2. The van der Waals surface area contributed by atoms with Crippen molar-refractivity contribution in [2.24, 2.45) is 0 Å². The molecule has 0 saturated heterocycles. The van der Waals surface area contributed by atoms with Crippen molar-refractivity contribution in [2.75, 3.05) is 19.5 Å². The van der Waals surface area contributed by atoms with Gasteiger partial charge in [0.05, 0.1) is 25.5 Å². The first-order valence-corrected chi connectivity index (χ1v) is 11.0. The molecule has 0 saturated carbocycles. The minimum Gasteiger partial charge on any atom is -0.493 e. The smallest absolute Gasteiger partial charge is 0.256 e. The van der Waals surface area contributed by atoms with E-state index >= 15 is 0 Å². The summed E-state index contributed by atoms with van der Waals surface area (Å²) in [5, 5.41) is 3.92. The Bertz CT molecular complexity index is 1440. The van der Waals surface area contributed by atoms with Gasteiger partial charge in [0, 0.05) is 46.0 Å². The van der Waals surface area contributed by atoms with Crippen LogP contribution in [-0.2, 0) is 11.2 Å². The van der Waals surface area contributed by atoms with Crippen molar-refractivity contribution in [3.05, 3.63) is 64.7 Å². The van der Waals surface area contributed by atoms with Gasteiger partial charge < -0.3 is 24.2 Å². The highest BCUT2D eigenvalue weighted by Crippen LogP contribution is 2.46. The quantitative estimate of drug-likeness (QED) is 0.365. The third-order valence-electron chi connectivity index (χ3n) is 6.16. The molecule has 0 fully saturated rings. The predicted octanol–water partition coefficient (Wildman–Crippen LogP) is 6.12. The van der Waals surface area contributed by atoms with Crippen LogP contribution < -0.4 is 14.8 Å². The Balaban J connectivity index is 1.76. The average molecular weight is 443 g/mol. The number of H-pyrrole nitrogens is 1. The maximum Gasteiger partial charge on any atom is 0.256 e. The van der Waals surface area contributed by atoms with Crippen molar-refractivity contribution in [2.45, 2.75) is 27.2 Å². The first kappa shape index (κ1) is 20.9. The molecule has 6 heteroatoms. The van der Waals surface area contributed by atoms with E-state index in [1.807, 2.05) is 50.3 Å². The molecule has 4 aromatic rings. The molecule has 2 N–H and O–H groups in total. The summed E-state index contributed by atoms with van der Waals surface area (Å²) in [5.41, 5.74) is 7.89. The second kappa shape index (κ2) is 7.89. The van der Waals surface area contributed by atoms with Crippen molar-refractivity contribution in [1.82, 2.24) is 4.98 Å². The van der Waals surface area contributed by atoms with Gasteiger partial charge in [0.2, 0.25) is 0 Å². The molecule has 0 aliphatic carbocycles. The maximum absolute atomic E-state index is 12.9. The van der Waals surface area contributed by atoms with Gasteiger partial charge in [-0.05, 0) is 43.7 Å². The molecule has 0 bridgehead atoms. The zero-order valence-corrected chi connectivity index (χ0v) is 19.4. The highest BCUT2D eigenvalue weighted by atomic mass is 16.5. The van der Waals surface area contributed by atoms with E-state index in [9.17, 15) is 4.79 Å². The van der Waals surface area contributed by atoms with Crippen molar-refractivity contribution < 1.29 is 18.7 Å². The number of aryl methyl sites for hydroxylation is 3. The van der Waals surface area contributed by atoms with Crippen molar-refractivity contribution >= 4 is 34.2 Å². The molecular formula is C27H26N2O4. The first-order chi connectivity index (χ1) is 15.9. The Morgan fingerprint density at radius 1 is 1.06 bits per heavy atom. The monoisotopic (exact) mass is 442 g/mol. The third-order valence-corrected chi connectivity index (χ3v) is 6.16. The van der Waals surface area contributed by atoms with Gasteiger partial charge in [0.25, 0.3) is 5.91 Å². The number of anilines is 1. The van der Waals surface area contributed by atoms with Crippen LogP contribution in [-0.4, -0.2) is 25.1 Å². The second-order valence-corrected chi connectivity index (χ2v) is 8.25. The fraction of sp³-hybridized carbons (Fsp3) is 0.222. The van der Waals surface area contributed by atoms with Crippen LogP contribution in [0.3, 0.4) is 0 Å². The van der Waals surface area contributed by atoms with Gasteiger partial charge in [-0.2, -0.15) is 0 Å². The van der Waals surface area contributed by atoms with Gasteiger partial charge >= 0.3 is 0 Å². The van der Waals surface area contributed by atoms with Crippen LogP contribution in [0.4, 0.5) is 5.69 Å². The van der Waals surface area contributed by atoms with Crippen LogP contribution in [0, 0.1) is 13.8 Å². The van der Waals surface area contributed by atoms with Gasteiger partial charge in [0.1, 0.15) is 11.3 Å². The number of hydrogen-bond acceptors (Lipinski definition) is 4. The van der Waals surface area contributed by atoms with Gasteiger partial charge in [-0.3, -0.25) is 4.79 Å². The summed E-state index contributed by atoms with van der Waals surface area (Å²) in [6.07, 6.45) is 2.63. The summed E-state index contributed by atoms with van der Waals surface area (Å²) in [7, 11) is 3.26. The van der Waals surface area contributed by atoms with Crippen molar-refractivity contribution in [3.63, 3.8) is 0 Å². The van der Waals surface area contributed by atoms with Gasteiger partial charge in [0.15, 0.2) is 11.5 Å². The van der Waals surface area contributed by atoms with E-state index < -0.39 is 0 Å². The number of ether oxygens (including phenoxy) is 2. The van der Waals surface area contributed by atoms with Crippen LogP contribution >= 0.6 is 0 Å². The first-order valence-electron chi connectivity index (χ1n) is 11.0. The molecule has 0 radical (unpaired) electrons. The number of amides is 1. The molecule has 1 aliphatic rings. The summed E-state index contributed by atoms with van der Waals surface area (Å²) >= 11 is 0. The molecule has 2 aromatic carbocycles. The molecule has 0 unspecified atom stereocenters. The van der Waals surface area contributed by atoms with E-state index in [1.165, 1.54) is 0 Å². The van der Waals surface area contributed by atoms with Crippen molar-refractivity contribution in [1.29, 1.82) is 0 Å². The molecule has 0 atom stereocenters. The molecule has 1 aliphatic heterocycles. The standard InChI is InChI=1S/C27H26N2O4/c1-6-22-25(16-8-7-9-23(31-4)26(16)32-5)19-11-17-18(12-20-14(2)10-15(3)28-20)27(30)29-21(17)13-24(19)33-22/h7-13,28H,6H2,1-5H3,(H,29,30)/b18-12-. The number of para-hydroxylation sites is 1. The fourth-order valence-corrected chi connectivity index (χ4v) is 4.65. The summed E-state index contributed by atoms with van der Waals surface area (Å²) in [6, 6.07) is 11.8. The lowest BCUT2D eigenvalue weighted by atomic mass is 9.96. The number of nitrogens with one attached hydrogen (secondary N) is 2. The molecule has 6 nitrogen and oxygen atoms in total. The largest absolute Gasteiger partial charge is 0.493 e. The number of hydrogen-bond donors (Lipinski definition) is 2. The summed E-state index contributed by atoms with van der Waals surface area (Å²) < 4.78 is 17.5. The molecule has 2 aromatic heterocycles. The summed E-state index contributed by atoms with van der Waals surface area (Å²) in [6.45, 7) is 6.10. The number of aromatic amines is 1. The van der Waals surface area contributed by atoms with Gasteiger partial charge in [-0.15, -0.1) is 0 Å². The number of aromatic nitrogens is 1. The van der Waals surface area contributed by atoms with Crippen molar-refractivity contribution in [3.8, 4) is 22.6 Å². The predicted molar refractivity (Wildman–Crippen MR) is 131 cm³/mol. The van der Waals surface area contributed by atoms with E-state index in [0.717, 1.165) is 56.1 Å². The number of furan rings is 1. The Morgan fingerprint density at radius 3 is 2.55 bits per heavy atom. The van der Waals surface area contributed by atoms with E-state index in [0.29, 0.717) is 23.5 Å². The van der Waals surface area contributed by atoms with Gasteiger partial charge in [-0.25, -0.2) is 0 Å². The van der Waals surface area contributed by atoms with E-state index in [4.69, 9.17) is 13.9 Å². The number of carbonyl (C=O) groups is 1. The number of rotatable bonds is 5. The molecule has 3 heterocycles. The average Bonchev–Trinajstić information content (AvgIpc) is 3.43. The van der Waals surface area contributed by atoms with E-state index in [-0.39, 0.29) is 5.91 Å². The fourth-order valence-electron chi connectivity index (χ4n) is 4.65. The molecule has 1 amide bonds. The Hall–Kier alpha value is -3.93. The Morgan fingerprint density at radius 2 is 1.88 bits per heavy atom. The van der Waals surface area contributed by atoms with Crippen LogP contribution in [0.15, 0.2) is 40.8 Å². The van der Waals surface area contributed by atoms with Crippen LogP contribution in [0.25, 0.3) is 33.7 Å². The van der Waals surface area contributed by atoms with E-state index in [2.05, 4.69) is 23.3 Å². The van der Waals surface area contributed by atoms with Crippen LogP contribution in [0.5, 0.6) is 11.5 Å². The molecule has 5 rings (SSSR count). The maximum atomic E-state index is 12.9. The third kappa shape index (κ3) is 3.30. The minimum absolute atomic E-state index is 0.125. The molecule has 168 valence electrons. The lowest BCUT2D eigenvalue weighted by Crippen LogP contribution is -2.03. The number of methoxy groups -OCH3 is 2. The molecule has 33 heavy (non-hydrogen) atoms. The number of fused-ring (bicyclic) bond motifs is 2. The van der Waals surface area contributed by atoms with Gasteiger partial charge in [-0.1, -0.05) is 19.1 Å². The lowest BCUT2D eigenvalue weighted by molar-refractivity contribution is -0.110. The number of carbonyl (C=O) groups excluding carboxylic acids is 1. The summed E-state index contributed by atoms with van der Waals surface area (Å²) in [5.74, 6) is 2.04. The van der Waals surface area contributed by atoms with Crippen LogP contribution in [0.1, 0.15) is 35.2 Å². The highest BCUT2D eigenvalue weighted by Gasteiger charge is 2.28. The Labute approximate surface area is 192 Å². The Kier molecular flexibility index (Phi) is 5.01. The minimum atomic E-state index is -0.125.